The average Bonchev–Trinajstić information content (AvgIpc) is 3.79. The molecule has 2 saturated heterocycles. The highest BCUT2D eigenvalue weighted by Crippen LogP contribution is 2.49. The van der Waals surface area contributed by atoms with E-state index in [2.05, 4.69) is 26.1 Å². The first kappa shape index (κ1) is 43.4. The summed E-state index contributed by atoms with van der Waals surface area (Å²) in [5, 5.41) is 14.5. The molecule has 3 heterocycles. The first-order valence-corrected chi connectivity index (χ1v) is 19.5. The highest BCUT2D eigenvalue weighted by molar-refractivity contribution is 8.00. The Labute approximate surface area is 328 Å². The first-order valence-electron chi connectivity index (χ1n) is 18.1. The van der Waals surface area contributed by atoms with Gasteiger partial charge in [-0.25, -0.2) is 9.59 Å². The third-order valence-electron chi connectivity index (χ3n) is 10.4. The average molecular weight is 794 g/mol. The number of alkyl carbamates (subject to hydrolysis) is 1. The van der Waals surface area contributed by atoms with Crippen molar-refractivity contribution < 1.29 is 48.0 Å². The normalized spacial score (nSPS) is 31.2. The number of halogens is 1. The topological polar surface area (TPSA) is 156 Å². The van der Waals surface area contributed by atoms with Crippen LogP contribution in [0.4, 0.5) is 10.5 Å². The molecule has 2 fully saturated rings. The third-order valence-corrected chi connectivity index (χ3v) is 12.0. The molecule has 4 rings (SSSR count). The maximum atomic E-state index is 14.2. The number of nitrogens with zero attached hydrogens (tertiary/aromatic N) is 2. The Balaban J connectivity index is 1.72. The van der Waals surface area contributed by atoms with Gasteiger partial charge in [-0.1, -0.05) is 63.1 Å². The Morgan fingerprint density at radius 3 is 2.56 bits per heavy atom. The molecule has 15 heteroatoms. The van der Waals surface area contributed by atoms with Crippen LogP contribution in [0.3, 0.4) is 0 Å². The first-order chi connectivity index (χ1) is 25.1. The zero-order valence-corrected chi connectivity index (χ0v) is 34.8. The fourth-order valence-corrected chi connectivity index (χ4v) is 8.04. The van der Waals surface area contributed by atoms with Gasteiger partial charge in [0.25, 0.3) is 0 Å². The lowest BCUT2D eigenvalue weighted by Gasteiger charge is -2.42. The van der Waals surface area contributed by atoms with E-state index >= 15 is 0 Å². The molecule has 3 aliphatic rings. The van der Waals surface area contributed by atoms with Crippen molar-refractivity contribution in [3.05, 3.63) is 46.5 Å². The van der Waals surface area contributed by atoms with Crippen molar-refractivity contribution in [2.45, 2.75) is 121 Å². The fourth-order valence-electron chi connectivity index (χ4n) is 6.84. The molecule has 13 nitrogen and oxygen atoms in total. The molecular weight excluding hydrogens is 738 g/mol. The number of nitrogens with one attached hydrogen (secondary N) is 1. The zero-order chi connectivity index (χ0) is 40.3. The number of carbonyl (C=O) groups is 4. The molecule has 1 aromatic carbocycles. The number of amides is 3. The van der Waals surface area contributed by atoms with Gasteiger partial charge in [0.1, 0.15) is 40.7 Å². The van der Waals surface area contributed by atoms with E-state index in [9.17, 15) is 24.3 Å². The summed E-state index contributed by atoms with van der Waals surface area (Å²) in [6, 6.07) is 2.63. The van der Waals surface area contributed by atoms with Gasteiger partial charge in [0.2, 0.25) is 11.8 Å². The van der Waals surface area contributed by atoms with Crippen LogP contribution in [0.5, 0.6) is 5.75 Å². The van der Waals surface area contributed by atoms with Gasteiger partial charge >= 0.3 is 12.1 Å². The second kappa shape index (κ2) is 17.2. The van der Waals surface area contributed by atoms with E-state index in [0.29, 0.717) is 23.6 Å². The standard InChI is InChI=1S/C39H56ClN3O10S/c1-22-13-12-14-29(50-11)39(48)21-28(51-36(47)41-39)23(2)34-38(7,53-34)30(52-35(46)24(3)42(8)31(44)15-16-54-37(4,5)6)20-32(45)43(9)26-18-25(17-22)19-27(49-10)33(26)40/h12-14,18-19,23-24,28-30,34,48H,15-17,20-21H2,1-11H3,(H,41,47)/b14-12+,22-13+/t23-,24+,28?,29?,30+,34?,38+,39?/m1/s1. The van der Waals surface area contributed by atoms with Crippen LogP contribution in [0.1, 0.15) is 73.3 Å². The predicted octanol–water partition coefficient (Wildman–Crippen LogP) is 5.44. The lowest BCUT2D eigenvalue weighted by Crippen LogP contribution is -2.63. The number of fused-ring (bicyclic) bond motifs is 5. The maximum Gasteiger partial charge on any atom is 0.409 e. The van der Waals surface area contributed by atoms with Crippen molar-refractivity contribution in [1.82, 2.24) is 10.2 Å². The number of allylic oxidation sites excluding steroid dienone is 3. The van der Waals surface area contributed by atoms with E-state index in [1.54, 1.807) is 70.9 Å². The second-order valence-electron chi connectivity index (χ2n) is 15.6. The van der Waals surface area contributed by atoms with Gasteiger partial charge < -0.3 is 38.6 Å². The smallest absolute Gasteiger partial charge is 0.409 e. The number of likely N-dealkylation sites (N-methyl/N-ethyl adjacent to an activating group) is 1. The van der Waals surface area contributed by atoms with Crippen molar-refractivity contribution >= 4 is 52.9 Å². The summed E-state index contributed by atoms with van der Waals surface area (Å²) >= 11 is 8.42. The van der Waals surface area contributed by atoms with Crippen molar-refractivity contribution in [2.24, 2.45) is 5.92 Å². The van der Waals surface area contributed by atoms with Gasteiger partial charge in [-0.2, -0.15) is 11.8 Å². The molecule has 3 aliphatic heterocycles. The Morgan fingerprint density at radius 1 is 1.24 bits per heavy atom. The van der Waals surface area contributed by atoms with Crippen LogP contribution in [-0.4, -0.2) is 114 Å². The summed E-state index contributed by atoms with van der Waals surface area (Å²) < 4.78 is 29.3. The molecule has 54 heavy (non-hydrogen) atoms. The van der Waals surface area contributed by atoms with Gasteiger partial charge in [-0.15, -0.1) is 0 Å². The van der Waals surface area contributed by atoms with E-state index < -0.39 is 65.7 Å². The molecule has 0 aliphatic carbocycles. The minimum atomic E-state index is -1.82. The van der Waals surface area contributed by atoms with Crippen molar-refractivity contribution in [2.75, 3.05) is 39.0 Å². The van der Waals surface area contributed by atoms with Gasteiger partial charge in [-0.05, 0) is 44.9 Å². The van der Waals surface area contributed by atoms with Crippen molar-refractivity contribution in [1.29, 1.82) is 0 Å². The monoisotopic (exact) mass is 793 g/mol. The summed E-state index contributed by atoms with van der Waals surface area (Å²) in [4.78, 5) is 56.6. The summed E-state index contributed by atoms with van der Waals surface area (Å²) in [6.45, 7) is 13.2. The van der Waals surface area contributed by atoms with E-state index in [4.69, 9.17) is 35.3 Å². The summed E-state index contributed by atoms with van der Waals surface area (Å²) in [6.07, 6.45) is 1.23. The van der Waals surface area contributed by atoms with Gasteiger partial charge in [0.05, 0.1) is 25.3 Å². The Bertz CT molecular complexity index is 1650. The summed E-state index contributed by atoms with van der Waals surface area (Å²) in [7, 11) is 6.06. The summed E-state index contributed by atoms with van der Waals surface area (Å²) in [5.74, 6) is -0.911. The lowest BCUT2D eigenvalue weighted by molar-refractivity contribution is -0.162. The third kappa shape index (κ3) is 10.1. The Kier molecular flexibility index (Phi) is 13.9. The quantitative estimate of drug-likeness (QED) is 0.256. The molecular formula is C39H56ClN3O10S. The minimum Gasteiger partial charge on any atom is -0.495 e. The van der Waals surface area contributed by atoms with Crippen LogP contribution in [0.15, 0.2) is 35.9 Å². The molecule has 4 unspecified atom stereocenters. The SMILES string of the molecule is COc1cc2cc(c1Cl)N(C)C(=O)C[C@H](OC(=O)[C@H](C)N(C)C(=O)CCSC(C)(C)C)[C@]1(C)OC1[C@H](C)C1CC(O)(NC(=O)O1)C(OC)/C=C/C=C(\C)C2. The number of hydrogen-bond acceptors (Lipinski definition) is 11. The Hall–Kier alpha value is -3.30. The van der Waals surface area contributed by atoms with Crippen LogP contribution in [-0.2, 0) is 39.8 Å². The summed E-state index contributed by atoms with van der Waals surface area (Å²) in [5.41, 5.74) is -0.893. The van der Waals surface area contributed by atoms with E-state index in [1.807, 2.05) is 13.0 Å². The molecule has 0 radical (unpaired) electrons. The van der Waals surface area contributed by atoms with Gasteiger partial charge in [0.15, 0.2) is 5.72 Å². The van der Waals surface area contributed by atoms with Gasteiger partial charge in [0, 0.05) is 50.5 Å². The fraction of sp³-hybridized carbons (Fsp3) is 0.641. The number of ether oxygens (including phenoxy) is 5. The number of anilines is 1. The molecule has 8 atom stereocenters. The highest BCUT2D eigenvalue weighted by Gasteiger charge is 2.64. The van der Waals surface area contributed by atoms with Crippen LogP contribution in [0.2, 0.25) is 5.02 Å². The second-order valence-corrected chi connectivity index (χ2v) is 17.9. The number of hydrogen-bond donors (Lipinski definition) is 2. The number of thioether (sulfide) groups is 1. The van der Waals surface area contributed by atoms with E-state index in [0.717, 1.165) is 11.1 Å². The highest BCUT2D eigenvalue weighted by atomic mass is 35.5. The molecule has 3 amide bonds. The van der Waals surface area contributed by atoms with Crippen molar-refractivity contribution in [3.8, 4) is 5.75 Å². The zero-order valence-electron chi connectivity index (χ0n) is 33.2. The lowest BCUT2D eigenvalue weighted by atomic mass is 9.83. The number of rotatable bonds is 8. The number of esters is 1. The largest absolute Gasteiger partial charge is 0.495 e. The molecule has 4 bridgehead atoms. The number of methoxy groups -OCH3 is 2. The van der Waals surface area contributed by atoms with Crippen LogP contribution < -0.4 is 15.0 Å². The van der Waals surface area contributed by atoms with Gasteiger partial charge in [-0.3, -0.25) is 14.9 Å². The molecule has 1 aromatic rings. The number of benzene rings is 1. The van der Waals surface area contributed by atoms with Crippen LogP contribution in [0.25, 0.3) is 0 Å². The minimum absolute atomic E-state index is 0.0150. The maximum absolute atomic E-state index is 14.2. The number of carbonyl (C=O) groups excluding carboxylic acids is 4. The van der Waals surface area contributed by atoms with Crippen LogP contribution in [0, 0.1) is 5.92 Å². The Morgan fingerprint density at radius 2 is 1.93 bits per heavy atom. The molecule has 0 saturated carbocycles. The number of epoxide rings is 1. The molecule has 300 valence electrons. The molecule has 0 aromatic heterocycles. The van der Waals surface area contributed by atoms with Crippen molar-refractivity contribution in [3.63, 3.8) is 0 Å². The number of aliphatic hydroxyl groups is 1. The van der Waals surface area contributed by atoms with Crippen LogP contribution >= 0.6 is 23.4 Å². The predicted molar refractivity (Wildman–Crippen MR) is 208 cm³/mol. The molecule has 0 spiro atoms. The van der Waals surface area contributed by atoms with E-state index in [1.165, 1.54) is 24.0 Å². The van der Waals surface area contributed by atoms with E-state index in [-0.39, 0.29) is 34.9 Å². The molecule has 2 N–H and O–H groups in total.